The van der Waals surface area contributed by atoms with E-state index in [4.69, 9.17) is 25.1 Å². The van der Waals surface area contributed by atoms with Gasteiger partial charge in [0.2, 0.25) is 0 Å². The van der Waals surface area contributed by atoms with Gasteiger partial charge in [0.15, 0.2) is 16.9 Å². The molecule has 254 valence electrons. The summed E-state index contributed by atoms with van der Waals surface area (Å²) in [5, 5.41) is 13.8. The third-order valence-corrected chi connectivity index (χ3v) is 9.58. The van der Waals surface area contributed by atoms with Crippen LogP contribution in [0.3, 0.4) is 0 Å². The maximum absolute atomic E-state index is 5.27. The summed E-state index contributed by atoms with van der Waals surface area (Å²) in [5.41, 5.74) is 17.3. The molecule has 0 aliphatic rings. The topological polar surface area (TPSA) is 89.7 Å². The van der Waals surface area contributed by atoms with Gasteiger partial charge >= 0.3 is 0 Å². The van der Waals surface area contributed by atoms with E-state index in [1.807, 2.05) is 35.0 Å². The highest BCUT2D eigenvalue weighted by molar-refractivity contribution is 5.83. The predicted octanol–water partition coefficient (Wildman–Crippen LogP) is 9.68. The Labute approximate surface area is 301 Å². The number of fused-ring (bicyclic) bond motifs is 3. The first-order valence-corrected chi connectivity index (χ1v) is 17.4. The molecule has 1 N–H and O–H groups in total. The van der Waals surface area contributed by atoms with Gasteiger partial charge in [0.25, 0.3) is 0 Å². The second kappa shape index (κ2) is 12.0. The zero-order valence-electron chi connectivity index (χ0n) is 30.0. The number of aromatic nitrogens is 8. The van der Waals surface area contributed by atoms with Gasteiger partial charge in [-0.25, -0.2) is 19.5 Å². The minimum absolute atomic E-state index is 0.767. The summed E-state index contributed by atoms with van der Waals surface area (Å²) in [6.45, 7) is 12.4. The maximum Gasteiger partial charge on any atom is 0.161 e. The fraction of sp³-hybridized carbons (Fsp3) is 0.140. The fourth-order valence-corrected chi connectivity index (χ4v) is 6.89. The van der Waals surface area contributed by atoms with Gasteiger partial charge in [-0.1, -0.05) is 89.5 Å². The second-order valence-corrected chi connectivity index (χ2v) is 13.8. The zero-order chi connectivity index (χ0) is 35.7. The van der Waals surface area contributed by atoms with Crippen molar-refractivity contribution in [3.8, 4) is 45.2 Å². The number of imidazole rings is 1. The average molecular weight is 680 g/mol. The molecule has 9 nitrogen and oxygen atoms in total. The maximum atomic E-state index is 5.27. The van der Waals surface area contributed by atoms with Crippen LogP contribution in [0.5, 0.6) is 0 Å². The van der Waals surface area contributed by atoms with Crippen molar-refractivity contribution >= 4 is 28.4 Å². The highest BCUT2D eigenvalue weighted by atomic mass is 15.3. The molecular formula is C43H37N9. The van der Waals surface area contributed by atoms with Crippen molar-refractivity contribution < 1.29 is 0 Å². The average Bonchev–Trinajstić information content (AvgIpc) is 3.87. The molecule has 6 aromatic heterocycles. The summed E-state index contributed by atoms with van der Waals surface area (Å²) in [5.74, 6) is 0.798. The van der Waals surface area contributed by atoms with E-state index in [0.29, 0.717) is 0 Å². The summed E-state index contributed by atoms with van der Waals surface area (Å²) in [4.78, 5) is 15.0. The first-order chi connectivity index (χ1) is 25.2. The van der Waals surface area contributed by atoms with Gasteiger partial charge in [-0.05, 0) is 59.2 Å². The molecule has 6 heterocycles. The van der Waals surface area contributed by atoms with E-state index in [-0.39, 0.29) is 0 Å². The molecule has 0 amide bonds. The molecule has 9 aromatic rings. The number of anilines is 2. The van der Waals surface area contributed by atoms with Crippen LogP contribution in [-0.4, -0.2) is 38.6 Å². The van der Waals surface area contributed by atoms with Gasteiger partial charge in [0, 0.05) is 52.5 Å². The SMILES string of the molecule is Cc1ccc(-c2cn3c(-c4cc(C)nc5cc(-c6ccc(C)cc6)nn45)c(C)cc(Nc4cc(C)nc5cc(-c6ccc(C)cc6)nn45)c3n2)cc1. The van der Waals surface area contributed by atoms with Crippen LogP contribution in [0.15, 0.2) is 109 Å². The molecule has 3 aromatic carbocycles. The number of hydrogen-bond donors (Lipinski definition) is 1. The lowest BCUT2D eigenvalue weighted by molar-refractivity contribution is 0.927. The summed E-state index contributed by atoms with van der Waals surface area (Å²) >= 11 is 0. The number of nitrogens with one attached hydrogen (secondary N) is 1. The van der Waals surface area contributed by atoms with Gasteiger partial charge in [-0.3, -0.25) is 4.40 Å². The third-order valence-electron chi connectivity index (χ3n) is 9.58. The molecule has 0 atom stereocenters. The number of benzene rings is 3. The van der Waals surface area contributed by atoms with E-state index < -0.39 is 0 Å². The first kappa shape index (κ1) is 31.4. The van der Waals surface area contributed by atoms with E-state index in [9.17, 15) is 0 Å². The van der Waals surface area contributed by atoms with Crippen LogP contribution in [0, 0.1) is 41.5 Å². The predicted molar refractivity (Wildman–Crippen MR) is 208 cm³/mol. The lowest BCUT2D eigenvalue weighted by Gasteiger charge is -2.16. The molecule has 0 saturated heterocycles. The zero-order valence-corrected chi connectivity index (χ0v) is 30.0. The Morgan fingerprint density at radius 1 is 0.500 bits per heavy atom. The van der Waals surface area contributed by atoms with Gasteiger partial charge < -0.3 is 5.32 Å². The number of nitrogens with zero attached hydrogens (tertiary/aromatic N) is 8. The Balaban J connectivity index is 1.24. The van der Waals surface area contributed by atoms with Crippen molar-refractivity contribution in [1.29, 1.82) is 0 Å². The molecule has 0 aliphatic heterocycles. The van der Waals surface area contributed by atoms with Gasteiger partial charge in [0.05, 0.1) is 34.2 Å². The first-order valence-electron chi connectivity index (χ1n) is 17.4. The van der Waals surface area contributed by atoms with E-state index >= 15 is 0 Å². The minimum atomic E-state index is 0.767. The largest absolute Gasteiger partial charge is 0.337 e. The molecule has 0 radical (unpaired) electrons. The third kappa shape index (κ3) is 5.47. The Bertz CT molecular complexity index is 2800. The van der Waals surface area contributed by atoms with Crippen molar-refractivity contribution in [2.24, 2.45) is 0 Å². The van der Waals surface area contributed by atoms with Crippen molar-refractivity contribution in [3.05, 3.63) is 143 Å². The van der Waals surface area contributed by atoms with Crippen LogP contribution in [0.25, 0.3) is 62.1 Å². The smallest absolute Gasteiger partial charge is 0.161 e. The number of rotatable bonds is 6. The summed E-state index contributed by atoms with van der Waals surface area (Å²) in [6, 6.07) is 35.7. The molecule has 0 fully saturated rings. The highest BCUT2D eigenvalue weighted by Gasteiger charge is 2.21. The summed E-state index contributed by atoms with van der Waals surface area (Å²) in [6.07, 6.45) is 2.12. The van der Waals surface area contributed by atoms with Crippen LogP contribution < -0.4 is 5.32 Å². The van der Waals surface area contributed by atoms with Gasteiger partial charge in [0.1, 0.15) is 5.82 Å². The fourth-order valence-electron chi connectivity index (χ4n) is 6.89. The van der Waals surface area contributed by atoms with Crippen molar-refractivity contribution in [2.45, 2.75) is 41.5 Å². The summed E-state index contributed by atoms with van der Waals surface area (Å²) < 4.78 is 6.01. The van der Waals surface area contributed by atoms with Crippen molar-refractivity contribution in [3.63, 3.8) is 0 Å². The number of aryl methyl sites for hydroxylation is 6. The molecule has 0 aliphatic carbocycles. The Kier molecular flexibility index (Phi) is 7.25. The van der Waals surface area contributed by atoms with Gasteiger partial charge in [-0.2, -0.15) is 14.7 Å². The van der Waals surface area contributed by atoms with E-state index in [1.165, 1.54) is 16.7 Å². The van der Waals surface area contributed by atoms with E-state index in [2.05, 4.69) is 135 Å². The number of pyridine rings is 1. The molecule has 0 spiro atoms. The van der Waals surface area contributed by atoms with Crippen LogP contribution in [-0.2, 0) is 0 Å². The number of hydrogen-bond acceptors (Lipinski definition) is 6. The van der Waals surface area contributed by atoms with E-state index in [1.54, 1.807) is 0 Å². The summed E-state index contributed by atoms with van der Waals surface area (Å²) in [7, 11) is 0. The lowest BCUT2D eigenvalue weighted by Crippen LogP contribution is -2.07. The Hall–Kier alpha value is -6.61. The molecule has 52 heavy (non-hydrogen) atoms. The highest BCUT2D eigenvalue weighted by Crippen LogP contribution is 2.35. The van der Waals surface area contributed by atoms with Gasteiger partial charge in [-0.15, -0.1) is 0 Å². The van der Waals surface area contributed by atoms with Crippen molar-refractivity contribution in [2.75, 3.05) is 5.32 Å². The molecule has 0 unspecified atom stereocenters. The standard InChI is InChI=1S/C43H37N9/c1-25-7-13-31(14-8-25)34-22-40-44-29(5)20-38(51(40)48-34)42-28(4)19-36(43-47-37(24-50(42)43)33-17-11-27(3)12-18-33)46-39-21-30(6)45-41-23-35(49-52(39)41)32-15-9-26(2)10-16-32/h7-24,46H,1-6H3. The minimum Gasteiger partial charge on any atom is -0.337 e. The lowest BCUT2D eigenvalue weighted by atomic mass is 10.1. The molecule has 9 heteroatoms. The van der Waals surface area contributed by atoms with Crippen LogP contribution in [0.2, 0.25) is 0 Å². The Morgan fingerprint density at radius 2 is 1.00 bits per heavy atom. The second-order valence-electron chi connectivity index (χ2n) is 13.8. The Morgan fingerprint density at radius 3 is 1.58 bits per heavy atom. The molecule has 0 saturated carbocycles. The monoisotopic (exact) mass is 679 g/mol. The van der Waals surface area contributed by atoms with Crippen molar-refractivity contribution in [1.82, 2.24) is 38.6 Å². The normalized spacial score (nSPS) is 11.7. The van der Waals surface area contributed by atoms with Crippen LogP contribution in [0.4, 0.5) is 11.5 Å². The quantitative estimate of drug-likeness (QED) is 0.188. The van der Waals surface area contributed by atoms with Crippen LogP contribution >= 0.6 is 0 Å². The molecule has 9 rings (SSSR count). The molecular weight excluding hydrogens is 643 g/mol. The van der Waals surface area contributed by atoms with Crippen LogP contribution in [0.1, 0.15) is 33.6 Å². The molecule has 0 bridgehead atoms. The van der Waals surface area contributed by atoms with E-state index in [0.717, 1.165) is 90.6 Å².